The average molecular weight is 421 g/mol. The number of nitrogens with two attached hydrogens (primary N) is 1. The van der Waals surface area contributed by atoms with Crippen molar-refractivity contribution in [2.24, 2.45) is 5.73 Å². The largest absolute Gasteiger partial charge is 0.370 e. The second-order valence-corrected chi connectivity index (χ2v) is 8.49. The second kappa shape index (κ2) is 9.07. The minimum atomic E-state index is -0.338. The number of hydrogen-bond acceptors (Lipinski definition) is 5. The third-order valence-corrected chi connectivity index (χ3v) is 6.63. The number of primary amides is 1. The number of carbonyl (C=O) groups excluding carboxylic acids is 1. The molecule has 0 aliphatic rings. The van der Waals surface area contributed by atoms with Gasteiger partial charge in [-0.05, 0) is 22.6 Å². The predicted octanol–water partition coefficient (Wildman–Crippen LogP) is 4.76. The molecule has 29 heavy (non-hydrogen) atoms. The Morgan fingerprint density at radius 3 is 2.17 bits per heavy atom. The van der Waals surface area contributed by atoms with Crippen molar-refractivity contribution >= 4 is 29.0 Å². The number of thioether (sulfide) groups is 1. The van der Waals surface area contributed by atoms with Crippen LogP contribution in [0.4, 0.5) is 0 Å². The molecule has 2 aromatic heterocycles. The Bertz CT molecular complexity index is 1020. The van der Waals surface area contributed by atoms with Crippen molar-refractivity contribution < 1.29 is 4.79 Å². The lowest BCUT2D eigenvalue weighted by Gasteiger charge is -2.18. The number of amides is 1. The summed E-state index contributed by atoms with van der Waals surface area (Å²) in [6.45, 7) is 0.453. The van der Waals surface area contributed by atoms with E-state index in [1.165, 1.54) is 11.1 Å². The smallest absolute Gasteiger partial charge is 0.219 e. The fourth-order valence-electron chi connectivity index (χ4n) is 3.08. The van der Waals surface area contributed by atoms with E-state index < -0.39 is 0 Å². The van der Waals surface area contributed by atoms with Crippen LogP contribution >= 0.6 is 23.1 Å². The molecule has 0 bridgehead atoms. The molecule has 0 fully saturated rings. The molecule has 5 nitrogen and oxygen atoms in total. The first-order chi connectivity index (χ1) is 14.2. The van der Waals surface area contributed by atoms with Gasteiger partial charge in [0.25, 0.3) is 0 Å². The number of rotatable bonds is 8. The summed E-state index contributed by atoms with van der Waals surface area (Å²) in [5, 5.41) is 11.7. The van der Waals surface area contributed by atoms with Gasteiger partial charge in [-0.2, -0.15) is 0 Å². The molecule has 4 aromatic rings. The van der Waals surface area contributed by atoms with Crippen molar-refractivity contribution in [3.05, 3.63) is 89.3 Å². The van der Waals surface area contributed by atoms with Crippen LogP contribution in [0, 0.1) is 0 Å². The maximum Gasteiger partial charge on any atom is 0.219 e. The number of benzene rings is 2. The van der Waals surface area contributed by atoms with E-state index in [1.54, 1.807) is 23.1 Å². The van der Waals surface area contributed by atoms with Gasteiger partial charge in [0.15, 0.2) is 11.0 Å². The molecule has 0 saturated heterocycles. The van der Waals surface area contributed by atoms with Crippen LogP contribution in [0.1, 0.15) is 22.8 Å². The summed E-state index contributed by atoms with van der Waals surface area (Å²) in [5.74, 6) is 0.429. The zero-order valence-corrected chi connectivity index (χ0v) is 17.3. The zero-order chi connectivity index (χ0) is 20.1. The maximum atomic E-state index is 11.4. The van der Waals surface area contributed by atoms with Gasteiger partial charge in [0, 0.05) is 13.0 Å². The number of hydrogen-bond donors (Lipinski definition) is 1. The van der Waals surface area contributed by atoms with Crippen LogP contribution in [0.2, 0.25) is 0 Å². The highest BCUT2D eigenvalue weighted by Crippen LogP contribution is 2.40. The normalized spacial score (nSPS) is 11.1. The van der Waals surface area contributed by atoms with Gasteiger partial charge in [0.2, 0.25) is 5.91 Å². The molecule has 0 unspecified atom stereocenters. The van der Waals surface area contributed by atoms with Crippen LogP contribution < -0.4 is 5.73 Å². The molecule has 146 valence electrons. The Balaban J connectivity index is 1.73. The fraction of sp³-hybridized carbons (Fsp3) is 0.136. The summed E-state index contributed by atoms with van der Waals surface area (Å²) >= 11 is 3.23. The molecule has 4 rings (SSSR count). The van der Waals surface area contributed by atoms with E-state index in [9.17, 15) is 4.79 Å². The molecular weight excluding hydrogens is 400 g/mol. The van der Waals surface area contributed by atoms with Crippen LogP contribution in [0.15, 0.2) is 83.3 Å². The third-order valence-electron chi connectivity index (χ3n) is 4.47. The fourth-order valence-corrected chi connectivity index (χ4v) is 4.98. The minimum absolute atomic E-state index is 0.0603. The van der Waals surface area contributed by atoms with E-state index in [-0.39, 0.29) is 17.6 Å². The molecule has 0 radical (unpaired) electrons. The minimum Gasteiger partial charge on any atom is -0.370 e. The Kier molecular flexibility index (Phi) is 6.07. The Morgan fingerprint density at radius 1 is 0.966 bits per heavy atom. The molecule has 2 heterocycles. The van der Waals surface area contributed by atoms with Gasteiger partial charge in [-0.15, -0.1) is 21.5 Å². The molecule has 0 saturated carbocycles. The lowest BCUT2D eigenvalue weighted by Crippen LogP contribution is -2.15. The van der Waals surface area contributed by atoms with E-state index in [0.717, 1.165) is 15.9 Å². The first-order valence-corrected chi connectivity index (χ1v) is 11.0. The first-order valence-electron chi connectivity index (χ1n) is 9.24. The van der Waals surface area contributed by atoms with Crippen molar-refractivity contribution in [2.75, 3.05) is 0 Å². The monoisotopic (exact) mass is 420 g/mol. The van der Waals surface area contributed by atoms with Crippen LogP contribution in [-0.2, 0) is 11.3 Å². The Hall–Kier alpha value is -2.90. The van der Waals surface area contributed by atoms with E-state index in [4.69, 9.17) is 5.73 Å². The molecule has 2 N–H and O–H groups in total. The summed E-state index contributed by atoms with van der Waals surface area (Å²) in [4.78, 5) is 12.5. The number of carbonyl (C=O) groups is 1. The first kappa shape index (κ1) is 19.4. The van der Waals surface area contributed by atoms with Gasteiger partial charge in [0.1, 0.15) is 0 Å². The highest BCUT2D eigenvalue weighted by molar-refractivity contribution is 7.99. The van der Waals surface area contributed by atoms with E-state index in [1.807, 2.05) is 58.5 Å². The third kappa shape index (κ3) is 4.58. The summed E-state index contributed by atoms with van der Waals surface area (Å²) in [7, 11) is 0. The molecule has 0 aliphatic heterocycles. The Labute approximate surface area is 177 Å². The van der Waals surface area contributed by atoms with Gasteiger partial charge in [-0.3, -0.25) is 4.79 Å². The molecule has 1 amide bonds. The predicted molar refractivity (Wildman–Crippen MR) is 118 cm³/mol. The average Bonchev–Trinajstić information content (AvgIpc) is 3.41. The van der Waals surface area contributed by atoms with E-state index in [0.29, 0.717) is 6.54 Å². The molecule has 0 spiro atoms. The number of aromatic nitrogens is 3. The lowest BCUT2D eigenvalue weighted by atomic mass is 10.0. The van der Waals surface area contributed by atoms with E-state index >= 15 is 0 Å². The van der Waals surface area contributed by atoms with Crippen LogP contribution in [0.25, 0.3) is 10.7 Å². The van der Waals surface area contributed by atoms with Crippen molar-refractivity contribution in [2.45, 2.75) is 23.4 Å². The van der Waals surface area contributed by atoms with E-state index in [2.05, 4.69) is 34.5 Å². The zero-order valence-electron chi connectivity index (χ0n) is 15.6. The molecule has 0 atom stereocenters. The number of nitrogens with zero attached hydrogens (tertiary/aromatic N) is 3. The highest BCUT2D eigenvalue weighted by Gasteiger charge is 2.22. The lowest BCUT2D eigenvalue weighted by molar-refractivity contribution is -0.118. The maximum absolute atomic E-state index is 11.4. The summed E-state index contributed by atoms with van der Waals surface area (Å²) in [6, 6.07) is 24.7. The second-order valence-electron chi connectivity index (χ2n) is 6.47. The van der Waals surface area contributed by atoms with Gasteiger partial charge in [-0.25, -0.2) is 0 Å². The molecular formula is C22H20N4OS2. The van der Waals surface area contributed by atoms with Crippen molar-refractivity contribution in [1.29, 1.82) is 0 Å². The molecule has 7 heteroatoms. The Morgan fingerprint density at radius 2 is 1.62 bits per heavy atom. The van der Waals surface area contributed by atoms with Crippen LogP contribution in [0.3, 0.4) is 0 Å². The van der Waals surface area contributed by atoms with Crippen molar-refractivity contribution in [3.63, 3.8) is 0 Å². The SMILES string of the molecule is NC(=O)CCn1c(SC(c2ccccc2)c2ccccc2)nnc1-c1cccs1. The van der Waals surface area contributed by atoms with Crippen LogP contribution in [-0.4, -0.2) is 20.7 Å². The van der Waals surface area contributed by atoms with Crippen molar-refractivity contribution in [3.8, 4) is 10.7 Å². The van der Waals surface area contributed by atoms with Gasteiger partial charge in [0.05, 0.1) is 10.1 Å². The highest BCUT2D eigenvalue weighted by atomic mass is 32.2. The molecule has 0 aliphatic carbocycles. The van der Waals surface area contributed by atoms with Gasteiger partial charge in [-0.1, -0.05) is 78.5 Å². The summed E-state index contributed by atoms with van der Waals surface area (Å²) in [6.07, 6.45) is 0.241. The van der Waals surface area contributed by atoms with Crippen LogP contribution in [0.5, 0.6) is 0 Å². The van der Waals surface area contributed by atoms with Gasteiger partial charge >= 0.3 is 0 Å². The van der Waals surface area contributed by atoms with Crippen molar-refractivity contribution in [1.82, 2.24) is 14.8 Å². The quantitative estimate of drug-likeness (QED) is 0.417. The van der Waals surface area contributed by atoms with Gasteiger partial charge < -0.3 is 10.3 Å². The molecule has 2 aromatic carbocycles. The summed E-state index contributed by atoms with van der Waals surface area (Å²) < 4.78 is 2.00. The number of thiophene rings is 1. The standard InChI is InChI=1S/C22H20N4OS2/c23-19(27)13-14-26-21(18-12-7-15-28-18)24-25-22(26)29-20(16-8-3-1-4-9-16)17-10-5-2-6-11-17/h1-12,15,20H,13-14H2,(H2,23,27). The summed E-state index contributed by atoms with van der Waals surface area (Å²) in [5.41, 5.74) is 7.79. The topological polar surface area (TPSA) is 73.8 Å².